The normalized spacial score (nSPS) is 22.6. The van der Waals surface area contributed by atoms with E-state index in [0.29, 0.717) is 17.7 Å². The predicted octanol–water partition coefficient (Wildman–Crippen LogP) is 2.49. The summed E-state index contributed by atoms with van der Waals surface area (Å²) in [6.45, 7) is 0. The lowest BCUT2D eigenvalue weighted by Crippen LogP contribution is -2.17. The summed E-state index contributed by atoms with van der Waals surface area (Å²) < 4.78 is 1.66. The zero-order valence-electron chi connectivity index (χ0n) is 10.4. The molecule has 0 atom stereocenters. The second-order valence-corrected chi connectivity index (χ2v) is 5.57. The molecule has 4 heteroatoms. The number of nitrogen functional groups attached to an aromatic ring is 2. The summed E-state index contributed by atoms with van der Waals surface area (Å²) in [5, 5.41) is 0. The zero-order valence-corrected chi connectivity index (χ0v) is 10.4. The minimum atomic E-state index is 0.539. The summed E-state index contributed by atoms with van der Waals surface area (Å²) in [6, 6.07) is 0. The molecule has 0 aromatic carbocycles. The van der Waals surface area contributed by atoms with Crippen molar-refractivity contribution in [3.63, 3.8) is 0 Å². The highest BCUT2D eigenvalue weighted by atomic mass is 15.4. The fourth-order valence-electron chi connectivity index (χ4n) is 3.45. The molecule has 17 heavy (non-hydrogen) atoms. The standard InChI is InChI=1S/C13H22N4/c14-12-11(9-5-1-2-6-9)16-13(17(12)15)10-7-3-4-8-10/h9-10H,1-8,14-15H2. The Labute approximate surface area is 102 Å². The van der Waals surface area contributed by atoms with Crippen molar-refractivity contribution >= 4 is 5.82 Å². The summed E-state index contributed by atoms with van der Waals surface area (Å²) >= 11 is 0. The van der Waals surface area contributed by atoms with Crippen LogP contribution in [0.4, 0.5) is 5.82 Å². The van der Waals surface area contributed by atoms with E-state index in [9.17, 15) is 0 Å². The smallest absolute Gasteiger partial charge is 0.146 e. The van der Waals surface area contributed by atoms with Crippen molar-refractivity contribution in [2.45, 2.75) is 63.2 Å². The van der Waals surface area contributed by atoms with Gasteiger partial charge < -0.3 is 11.6 Å². The number of hydrogen-bond acceptors (Lipinski definition) is 3. The molecule has 0 spiro atoms. The van der Waals surface area contributed by atoms with Crippen molar-refractivity contribution in [1.82, 2.24) is 9.66 Å². The van der Waals surface area contributed by atoms with E-state index in [1.165, 1.54) is 51.4 Å². The molecule has 2 fully saturated rings. The van der Waals surface area contributed by atoms with Crippen molar-refractivity contribution in [3.05, 3.63) is 11.5 Å². The predicted molar refractivity (Wildman–Crippen MR) is 69.2 cm³/mol. The molecular weight excluding hydrogens is 212 g/mol. The van der Waals surface area contributed by atoms with Crippen molar-refractivity contribution in [2.75, 3.05) is 11.6 Å². The molecule has 1 heterocycles. The molecule has 0 unspecified atom stereocenters. The molecule has 1 aromatic rings. The van der Waals surface area contributed by atoms with E-state index >= 15 is 0 Å². The molecule has 3 rings (SSSR count). The largest absolute Gasteiger partial charge is 0.382 e. The maximum absolute atomic E-state index is 6.13. The fraction of sp³-hybridized carbons (Fsp3) is 0.769. The first-order valence-corrected chi connectivity index (χ1v) is 6.90. The van der Waals surface area contributed by atoms with Crippen molar-refractivity contribution < 1.29 is 0 Å². The third-order valence-corrected chi connectivity index (χ3v) is 4.47. The van der Waals surface area contributed by atoms with E-state index in [1.54, 1.807) is 4.68 Å². The number of rotatable bonds is 2. The molecule has 0 amide bonds. The number of anilines is 1. The van der Waals surface area contributed by atoms with Crippen molar-refractivity contribution in [1.29, 1.82) is 0 Å². The lowest BCUT2D eigenvalue weighted by atomic mass is 10.0. The van der Waals surface area contributed by atoms with Crippen LogP contribution in [0.5, 0.6) is 0 Å². The van der Waals surface area contributed by atoms with Gasteiger partial charge in [-0.1, -0.05) is 25.7 Å². The van der Waals surface area contributed by atoms with Gasteiger partial charge >= 0.3 is 0 Å². The molecule has 0 saturated heterocycles. The highest BCUT2D eigenvalue weighted by molar-refractivity contribution is 5.41. The van der Waals surface area contributed by atoms with Gasteiger partial charge in [0.2, 0.25) is 0 Å². The van der Waals surface area contributed by atoms with E-state index in [1.807, 2.05) is 0 Å². The highest BCUT2D eigenvalue weighted by Crippen LogP contribution is 2.39. The Kier molecular flexibility index (Phi) is 2.73. The molecule has 0 radical (unpaired) electrons. The SMILES string of the molecule is Nc1c(C2CCCC2)nc(C2CCCC2)n1N. The van der Waals surface area contributed by atoms with Gasteiger partial charge in [0.05, 0.1) is 5.69 Å². The van der Waals surface area contributed by atoms with E-state index < -0.39 is 0 Å². The number of nitrogens with two attached hydrogens (primary N) is 2. The van der Waals surface area contributed by atoms with E-state index in [4.69, 9.17) is 16.6 Å². The summed E-state index contributed by atoms with van der Waals surface area (Å²) in [6.07, 6.45) is 10.1. The molecule has 4 nitrogen and oxygen atoms in total. The van der Waals surface area contributed by atoms with Crippen LogP contribution < -0.4 is 11.6 Å². The Morgan fingerprint density at radius 2 is 1.47 bits per heavy atom. The molecule has 2 aliphatic rings. The van der Waals surface area contributed by atoms with Gasteiger partial charge in [-0.15, -0.1) is 0 Å². The third kappa shape index (κ3) is 1.79. The van der Waals surface area contributed by atoms with Crippen LogP contribution in [0.3, 0.4) is 0 Å². The number of nitrogens with zero attached hydrogens (tertiary/aromatic N) is 2. The Hall–Kier alpha value is -1.19. The molecule has 94 valence electrons. The second-order valence-electron chi connectivity index (χ2n) is 5.57. The minimum Gasteiger partial charge on any atom is -0.382 e. The lowest BCUT2D eigenvalue weighted by Gasteiger charge is -2.08. The maximum Gasteiger partial charge on any atom is 0.146 e. The minimum absolute atomic E-state index is 0.539. The summed E-state index contributed by atoms with van der Waals surface area (Å²) in [5.41, 5.74) is 7.20. The Morgan fingerprint density at radius 3 is 2.06 bits per heavy atom. The van der Waals surface area contributed by atoms with Crippen LogP contribution in [-0.4, -0.2) is 9.66 Å². The van der Waals surface area contributed by atoms with Crippen LogP contribution in [0.1, 0.15) is 74.7 Å². The van der Waals surface area contributed by atoms with Gasteiger partial charge in [-0.2, -0.15) is 0 Å². The van der Waals surface area contributed by atoms with Crippen LogP contribution in [-0.2, 0) is 0 Å². The summed E-state index contributed by atoms with van der Waals surface area (Å²) in [5.74, 6) is 8.91. The first-order valence-electron chi connectivity index (χ1n) is 6.90. The molecule has 1 aromatic heterocycles. The van der Waals surface area contributed by atoms with Gasteiger partial charge in [-0.25, -0.2) is 9.66 Å². The molecule has 2 aliphatic carbocycles. The first kappa shape index (κ1) is 10.9. The average Bonchev–Trinajstić information content (AvgIpc) is 3.02. The van der Waals surface area contributed by atoms with Gasteiger partial charge in [0, 0.05) is 11.8 Å². The van der Waals surface area contributed by atoms with Crippen molar-refractivity contribution in [2.24, 2.45) is 0 Å². The van der Waals surface area contributed by atoms with E-state index in [0.717, 1.165) is 11.5 Å². The van der Waals surface area contributed by atoms with Gasteiger partial charge in [0.15, 0.2) is 0 Å². The number of hydrogen-bond donors (Lipinski definition) is 2. The quantitative estimate of drug-likeness (QED) is 0.772. The third-order valence-electron chi connectivity index (χ3n) is 4.47. The van der Waals surface area contributed by atoms with E-state index in [2.05, 4.69) is 0 Å². The van der Waals surface area contributed by atoms with Crippen LogP contribution >= 0.6 is 0 Å². The van der Waals surface area contributed by atoms with Crippen LogP contribution in [0.25, 0.3) is 0 Å². The van der Waals surface area contributed by atoms with Gasteiger partial charge in [0.25, 0.3) is 0 Å². The Bertz CT molecular complexity index is 361. The van der Waals surface area contributed by atoms with Gasteiger partial charge in [0.1, 0.15) is 11.6 Å². The Balaban J connectivity index is 1.91. The monoisotopic (exact) mass is 234 g/mol. The average molecular weight is 234 g/mol. The van der Waals surface area contributed by atoms with Crippen molar-refractivity contribution in [3.8, 4) is 0 Å². The number of aromatic nitrogens is 2. The van der Waals surface area contributed by atoms with E-state index in [-0.39, 0.29) is 0 Å². The molecule has 4 N–H and O–H groups in total. The summed E-state index contributed by atoms with van der Waals surface area (Å²) in [7, 11) is 0. The van der Waals surface area contributed by atoms with Crippen LogP contribution in [0.15, 0.2) is 0 Å². The summed E-state index contributed by atoms with van der Waals surface area (Å²) in [4.78, 5) is 4.79. The fourth-order valence-corrected chi connectivity index (χ4v) is 3.45. The van der Waals surface area contributed by atoms with Crippen LogP contribution in [0.2, 0.25) is 0 Å². The molecule has 0 bridgehead atoms. The Morgan fingerprint density at radius 1 is 0.941 bits per heavy atom. The van der Waals surface area contributed by atoms with Gasteiger partial charge in [-0.3, -0.25) is 0 Å². The first-order chi connectivity index (χ1) is 8.27. The van der Waals surface area contributed by atoms with Gasteiger partial charge in [-0.05, 0) is 25.7 Å². The molecule has 2 saturated carbocycles. The highest BCUT2D eigenvalue weighted by Gasteiger charge is 2.28. The molecular formula is C13H22N4. The second kappa shape index (κ2) is 4.24. The maximum atomic E-state index is 6.13. The van der Waals surface area contributed by atoms with Crippen LogP contribution in [0, 0.1) is 0 Å². The number of imidazole rings is 1. The topological polar surface area (TPSA) is 69.9 Å². The zero-order chi connectivity index (χ0) is 11.8. The lowest BCUT2D eigenvalue weighted by molar-refractivity contribution is 0.640. The molecule has 0 aliphatic heterocycles.